The Balaban J connectivity index is 1.62. The summed E-state index contributed by atoms with van der Waals surface area (Å²) in [5.74, 6) is 0.835. The minimum atomic E-state index is -0.381. The van der Waals surface area contributed by atoms with Gasteiger partial charge in [-0.1, -0.05) is 18.7 Å². The highest BCUT2D eigenvalue weighted by Gasteiger charge is 2.08. The van der Waals surface area contributed by atoms with Crippen LogP contribution in [0.3, 0.4) is 0 Å². The Bertz CT molecular complexity index is 872. The molecule has 0 unspecified atom stereocenters. The van der Waals surface area contributed by atoms with Crippen LogP contribution in [0.4, 0.5) is 0 Å². The van der Waals surface area contributed by atoms with Crippen molar-refractivity contribution in [2.75, 3.05) is 26.9 Å². The molecule has 0 amide bonds. The summed E-state index contributed by atoms with van der Waals surface area (Å²) in [4.78, 5) is 23.2. The Kier molecular flexibility index (Phi) is 10.9. The Morgan fingerprint density at radius 2 is 1.62 bits per heavy atom. The summed E-state index contributed by atoms with van der Waals surface area (Å²) in [6.07, 6.45) is 5.51. The van der Waals surface area contributed by atoms with E-state index in [-0.39, 0.29) is 11.9 Å². The SMILES string of the molecule is C=CC(=O)OCCCCCCOc1ccc(C(=O)OCCc2ccc(OC)c(C)c2)cc1. The first-order chi connectivity index (χ1) is 15.5. The molecule has 0 aliphatic heterocycles. The van der Waals surface area contributed by atoms with Crippen molar-refractivity contribution in [1.29, 1.82) is 0 Å². The lowest BCUT2D eigenvalue weighted by Gasteiger charge is -2.09. The van der Waals surface area contributed by atoms with Gasteiger partial charge in [0, 0.05) is 12.5 Å². The quantitative estimate of drug-likeness (QED) is 0.232. The molecule has 0 aromatic heterocycles. The van der Waals surface area contributed by atoms with E-state index in [1.165, 1.54) is 6.08 Å². The number of ether oxygens (including phenoxy) is 4. The molecule has 0 spiro atoms. The van der Waals surface area contributed by atoms with Crippen molar-refractivity contribution in [2.24, 2.45) is 0 Å². The average molecular weight is 441 g/mol. The summed E-state index contributed by atoms with van der Waals surface area (Å²) in [6, 6.07) is 12.9. The fraction of sp³-hybridized carbons (Fsp3) is 0.385. The van der Waals surface area contributed by atoms with Gasteiger partial charge in [0.1, 0.15) is 11.5 Å². The Morgan fingerprint density at radius 3 is 2.28 bits per heavy atom. The summed E-state index contributed by atoms with van der Waals surface area (Å²) < 4.78 is 21.3. The maximum absolute atomic E-state index is 12.2. The third kappa shape index (κ3) is 8.84. The van der Waals surface area contributed by atoms with E-state index in [0.717, 1.165) is 48.3 Å². The molecule has 0 atom stereocenters. The zero-order valence-corrected chi connectivity index (χ0v) is 18.9. The lowest BCUT2D eigenvalue weighted by atomic mass is 10.1. The second-order valence-electron chi connectivity index (χ2n) is 7.35. The number of benzene rings is 2. The monoisotopic (exact) mass is 440 g/mol. The van der Waals surface area contributed by atoms with E-state index >= 15 is 0 Å². The highest BCUT2D eigenvalue weighted by Crippen LogP contribution is 2.19. The predicted octanol–water partition coefficient (Wildman–Crippen LogP) is 5.07. The zero-order valence-electron chi connectivity index (χ0n) is 18.9. The van der Waals surface area contributed by atoms with Crippen LogP contribution in [0.25, 0.3) is 0 Å². The van der Waals surface area contributed by atoms with Gasteiger partial charge in [-0.15, -0.1) is 0 Å². The van der Waals surface area contributed by atoms with Crippen LogP contribution in [0, 0.1) is 6.92 Å². The lowest BCUT2D eigenvalue weighted by Crippen LogP contribution is -2.08. The van der Waals surface area contributed by atoms with Gasteiger partial charge in [-0.2, -0.15) is 0 Å². The average Bonchev–Trinajstić information content (AvgIpc) is 2.81. The summed E-state index contributed by atoms with van der Waals surface area (Å²) >= 11 is 0. The molecule has 6 heteroatoms. The van der Waals surface area contributed by atoms with Gasteiger partial charge in [-0.3, -0.25) is 0 Å². The molecule has 0 fully saturated rings. The van der Waals surface area contributed by atoms with Gasteiger partial charge in [-0.05, 0) is 74.1 Å². The molecule has 0 saturated carbocycles. The first-order valence-electron chi connectivity index (χ1n) is 10.9. The van der Waals surface area contributed by atoms with E-state index in [4.69, 9.17) is 18.9 Å². The minimum Gasteiger partial charge on any atom is -0.496 e. The van der Waals surface area contributed by atoms with Gasteiger partial charge in [0.05, 0.1) is 32.5 Å². The third-order valence-electron chi connectivity index (χ3n) is 4.89. The molecule has 0 aliphatic carbocycles. The van der Waals surface area contributed by atoms with Gasteiger partial charge >= 0.3 is 11.9 Å². The number of hydrogen-bond donors (Lipinski definition) is 0. The molecular formula is C26H32O6. The van der Waals surface area contributed by atoms with Crippen LogP contribution >= 0.6 is 0 Å². The Hall–Kier alpha value is -3.28. The van der Waals surface area contributed by atoms with Crippen molar-refractivity contribution in [3.63, 3.8) is 0 Å². The van der Waals surface area contributed by atoms with E-state index in [1.807, 2.05) is 25.1 Å². The van der Waals surface area contributed by atoms with Crippen molar-refractivity contribution in [2.45, 2.75) is 39.0 Å². The Labute approximate surface area is 190 Å². The molecule has 0 radical (unpaired) electrons. The predicted molar refractivity (Wildman–Crippen MR) is 123 cm³/mol. The number of rotatable bonds is 14. The summed E-state index contributed by atoms with van der Waals surface area (Å²) in [5, 5.41) is 0. The second kappa shape index (κ2) is 13.9. The summed E-state index contributed by atoms with van der Waals surface area (Å²) in [6.45, 7) is 6.67. The first-order valence-corrected chi connectivity index (χ1v) is 10.9. The van der Waals surface area contributed by atoms with E-state index in [9.17, 15) is 9.59 Å². The maximum atomic E-state index is 12.2. The van der Waals surface area contributed by atoms with Crippen molar-refractivity contribution < 1.29 is 28.5 Å². The fourth-order valence-electron chi connectivity index (χ4n) is 3.11. The van der Waals surface area contributed by atoms with Crippen LogP contribution in [-0.4, -0.2) is 38.9 Å². The molecule has 0 heterocycles. The van der Waals surface area contributed by atoms with Gasteiger partial charge in [-0.25, -0.2) is 9.59 Å². The van der Waals surface area contributed by atoms with Gasteiger partial charge in [0.15, 0.2) is 0 Å². The van der Waals surface area contributed by atoms with Gasteiger partial charge in [0.2, 0.25) is 0 Å². The van der Waals surface area contributed by atoms with Crippen LogP contribution in [-0.2, 0) is 20.7 Å². The van der Waals surface area contributed by atoms with Crippen LogP contribution in [0.1, 0.15) is 47.2 Å². The van der Waals surface area contributed by atoms with E-state index in [1.54, 1.807) is 31.4 Å². The highest BCUT2D eigenvalue weighted by atomic mass is 16.5. The molecule has 0 aliphatic rings. The largest absolute Gasteiger partial charge is 0.496 e. The first kappa shape index (κ1) is 25.0. The topological polar surface area (TPSA) is 71.1 Å². The molecule has 6 nitrogen and oxygen atoms in total. The minimum absolute atomic E-state index is 0.315. The van der Waals surface area contributed by atoms with Crippen LogP contribution in [0.15, 0.2) is 55.1 Å². The maximum Gasteiger partial charge on any atom is 0.338 e. The fourth-order valence-corrected chi connectivity index (χ4v) is 3.11. The van der Waals surface area contributed by atoms with Gasteiger partial charge < -0.3 is 18.9 Å². The van der Waals surface area contributed by atoms with Gasteiger partial charge in [0.25, 0.3) is 0 Å². The van der Waals surface area contributed by atoms with E-state index < -0.39 is 0 Å². The standard InChI is InChI=1S/C26H32O6/c1-4-25(27)31-17-8-6-5-7-16-30-23-12-10-22(11-13-23)26(28)32-18-15-21-9-14-24(29-3)20(2)19-21/h4,9-14,19H,1,5-8,15-18H2,2-3H3. The van der Waals surface area contributed by atoms with E-state index in [0.29, 0.717) is 31.8 Å². The van der Waals surface area contributed by atoms with Crippen LogP contribution < -0.4 is 9.47 Å². The number of carbonyl (C=O) groups is 2. The number of esters is 2. The molecule has 0 N–H and O–H groups in total. The second-order valence-corrected chi connectivity index (χ2v) is 7.35. The van der Waals surface area contributed by atoms with Crippen molar-refractivity contribution in [3.05, 3.63) is 71.8 Å². The highest BCUT2D eigenvalue weighted by molar-refractivity contribution is 5.89. The number of carbonyl (C=O) groups excluding carboxylic acids is 2. The molecular weight excluding hydrogens is 408 g/mol. The molecule has 0 bridgehead atoms. The number of methoxy groups -OCH3 is 1. The Morgan fingerprint density at radius 1 is 0.906 bits per heavy atom. The summed E-state index contributed by atoms with van der Waals surface area (Å²) in [5.41, 5.74) is 2.65. The van der Waals surface area contributed by atoms with Crippen molar-refractivity contribution in [3.8, 4) is 11.5 Å². The number of unbranched alkanes of at least 4 members (excludes halogenated alkanes) is 3. The lowest BCUT2D eigenvalue weighted by molar-refractivity contribution is -0.137. The van der Waals surface area contributed by atoms with Crippen LogP contribution in [0.2, 0.25) is 0 Å². The molecule has 2 rings (SSSR count). The van der Waals surface area contributed by atoms with E-state index in [2.05, 4.69) is 6.58 Å². The normalized spacial score (nSPS) is 10.3. The molecule has 2 aromatic carbocycles. The molecule has 172 valence electrons. The number of aryl methyl sites for hydroxylation is 1. The zero-order chi connectivity index (χ0) is 23.2. The molecule has 0 saturated heterocycles. The smallest absolute Gasteiger partial charge is 0.338 e. The third-order valence-corrected chi connectivity index (χ3v) is 4.89. The summed E-state index contributed by atoms with van der Waals surface area (Å²) in [7, 11) is 1.65. The molecule has 32 heavy (non-hydrogen) atoms. The molecule has 2 aromatic rings. The van der Waals surface area contributed by atoms with Crippen molar-refractivity contribution in [1.82, 2.24) is 0 Å². The number of hydrogen-bond acceptors (Lipinski definition) is 6. The van der Waals surface area contributed by atoms with Crippen LogP contribution in [0.5, 0.6) is 11.5 Å². The van der Waals surface area contributed by atoms with Crippen molar-refractivity contribution >= 4 is 11.9 Å².